The van der Waals surface area contributed by atoms with E-state index in [1.165, 1.54) is 12.3 Å². The Hall–Kier alpha value is -4.42. The highest BCUT2D eigenvalue weighted by molar-refractivity contribution is 6.06. The zero-order chi connectivity index (χ0) is 25.8. The van der Waals surface area contributed by atoms with Gasteiger partial charge in [0.1, 0.15) is 34.4 Å². The number of nitrogens with one attached hydrogen (secondary N) is 1. The number of hydrogen-bond acceptors (Lipinski definition) is 7. The molecule has 184 valence electrons. The van der Waals surface area contributed by atoms with Crippen LogP contribution in [0.25, 0.3) is 0 Å². The molecule has 1 amide bonds. The summed E-state index contributed by atoms with van der Waals surface area (Å²) < 4.78 is 84.7. The van der Waals surface area contributed by atoms with E-state index in [0.717, 1.165) is 38.5 Å². The lowest BCUT2D eigenvalue weighted by molar-refractivity contribution is -0.274. The van der Waals surface area contributed by atoms with Gasteiger partial charge in [0, 0.05) is 30.1 Å². The van der Waals surface area contributed by atoms with Crippen LogP contribution in [0.5, 0.6) is 23.0 Å². The molecule has 0 fully saturated rings. The maximum absolute atomic E-state index is 14.6. The molecule has 0 saturated carbocycles. The smallest absolute Gasteiger partial charge is 0.493 e. The number of alkyl halides is 3. The first-order valence-corrected chi connectivity index (χ1v) is 9.47. The summed E-state index contributed by atoms with van der Waals surface area (Å²) in [5, 5.41) is 2.32. The summed E-state index contributed by atoms with van der Waals surface area (Å²) in [5.41, 5.74) is -0.848. The number of rotatable bonds is 7. The van der Waals surface area contributed by atoms with Crippen molar-refractivity contribution in [1.29, 1.82) is 0 Å². The standard InChI is InChI=1S/C22H15F5N2O6/c1-32-17-10-13(35-22(25,26)27)3-4-16(17)34-18-8-11(23)7-14(24)19(18)20(30)29-12-5-6-28-15(9-12)21(31)33-2/h3-10H,1-2H3,(H,28,29,30). The summed E-state index contributed by atoms with van der Waals surface area (Å²) in [5.74, 6) is -6.05. The molecule has 2 aromatic carbocycles. The normalized spacial score (nSPS) is 10.9. The molecule has 3 aromatic rings. The van der Waals surface area contributed by atoms with Crippen LogP contribution in [0.2, 0.25) is 0 Å². The Balaban J connectivity index is 1.94. The van der Waals surface area contributed by atoms with Gasteiger partial charge >= 0.3 is 12.3 Å². The van der Waals surface area contributed by atoms with Crippen molar-refractivity contribution in [1.82, 2.24) is 4.98 Å². The molecular formula is C22H15F5N2O6. The van der Waals surface area contributed by atoms with Crippen LogP contribution in [0.3, 0.4) is 0 Å². The Morgan fingerprint density at radius 3 is 2.34 bits per heavy atom. The zero-order valence-electron chi connectivity index (χ0n) is 17.9. The minimum Gasteiger partial charge on any atom is -0.493 e. The van der Waals surface area contributed by atoms with Crippen LogP contribution in [-0.2, 0) is 4.74 Å². The maximum atomic E-state index is 14.6. The maximum Gasteiger partial charge on any atom is 0.573 e. The van der Waals surface area contributed by atoms with Gasteiger partial charge in [-0.05, 0) is 24.3 Å². The minimum atomic E-state index is -4.97. The number of halogens is 5. The van der Waals surface area contributed by atoms with Crippen LogP contribution in [0, 0.1) is 11.6 Å². The quantitative estimate of drug-likeness (QED) is 0.358. The number of carbonyl (C=O) groups is 2. The van der Waals surface area contributed by atoms with Gasteiger partial charge < -0.3 is 24.3 Å². The van der Waals surface area contributed by atoms with Crippen LogP contribution < -0.4 is 19.5 Å². The molecule has 1 aromatic heterocycles. The predicted octanol–water partition coefficient (Wildman–Crippen LogP) is 5.10. The first-order chi connectivity index (χ1) is 16.5. The summed E-state index contributed by atoms with van der Waals surface area (Å²) in [4.78, 5) is 28.2. The van der Waals surface area contributed by atoms with E-state index >= 15 is 0 Å². The van der Waals surface area contributed by atoms with Crippen LogP contribution in [-0.4, -0.2) is 37.4 Å². The zero-order valence-corrected chi connectivity index (χ0v) is 17.9. The molecule has 13 heteroatoms. The van der Waals surface area contributed by atoms with Crippen molar-refractivity contribution >= 4 is 17.6 Å². The summed E-state index contributed by atoms with van der Waals surface area (Å²) in [7, 11) is 2.24. The van der Waals surface area contributed by atoms with E-state index in [0.29, 0.717) is 12.1 Å². The highest BCUT2D eigenvalue weighted by Gasteiger charge is 2.31. The number of anilines is 1. The van der Waals surface area contributed by atoms with Gasteiger partial charge in [0.25, 0.3) is 5.91 Å². The Bertz CT molecular complexity index is 1270. The Labute approximate surface area is 194 Å². The van der Waals surface area contributed by atoms with Gasteiger partial charge in [0.15, 0.2) is 11.5 Å². The van der Waals surface area contributed by atoms with E-state index in [-0.39, 0.29) is 22.9 Å². The fraction of sp³-hybridized carbons (Fsp3) is 0.136. The topological polar surface area (TPSA) is 96.0 Å². The summed E-state index contributed by atoms with van der Waals surface area (Å²) in [6.45, 7) is 0. The van der Waals surface area contributed by atoms with E-state index in [9.17, 15) is 31.5 Å². The second kappa shape index (κ2) is 10.2. The Kier molecular flexibility index (Phi) is 7.37. The number of ether oxygens (including phenoxy) is 4. The molecule has 0 radical (unpaired) electrons. The Morgan fingerprint density at radius 1 is 0.943 bits per heavy atom. The van der Waals surface area contributed by atoms with Gasteiger partial charge in [0.05, 0.1) is 14.2 Å². The largest absolute Gasteiger partial charge is 0.573 e. The third kappa shape index (κ3) is 6.34. The summed E-state index contributed by atoms with van der Waals surface area (Å²) >= 11 is 0. The van der Waals surface area contributed by atoms with Crippen molar-refractivity contribution < 1.29 is 50.5 Å². The highest BCUT2D eigenvalue weighted by atomic mass is 19.4. The lowest BCUT2D eigenvalue weighted by Gasteiger charge is -2.16. The van der Waals surface area contributed by atoms with Crippen LogP contribution in [0.15, 0.2) is 48.7 Å². The minimum absolute atomic E-state index is 0.0336. The molecule has 0 spiro atoms. The molecule has 0 unspecified atom stereocenters. The molecule has 35 heavy (non-hydrogen) atoms. The van der Waals surface area contributed by atoms with Crippen molar-refractivity contribution in [2.75, 3.05) is 19.5 Å². The molecule has 1 heterocycles. The number of aromatic nitrogens is 1. The second-order valence-corrected chi connectivity index (χ2v) is 6.60. The molecule has 0 aliphatic heterocycles. The van der Waals surface area contributed by atoms with E-state index < -0.39 is 46.9 Å². The molecule has 0 aliphatic carbocycles. The number of carbonyl (C=O) groups excluding carboxylic acids is 2. The molecule has 0 bridgehead atoms. The summed E-state index contributed by atoms with van der Waals surface area (Å²) in [6.07, 6.45) is -3.78. The molecule has 0 atom stereocenters. The van der Waals surface area contributed by atoms with Crippen molar-refractivity contribution in [3.63, 3.8) is 0 Å². The number of methoxy groups -OCH3 is 2. The van der Waals surface area contributed by atoms with E-state index in [1.807, 2.05) is 0 Å². The first kappa shape index (κ1) is 25.2. The lowest BCUT2D eigenvalue weighted by Crippen LogP contribution is -2.17. The number of benzene rings is 2. The van der Waals surface area contributed by atoms with Crippen LogP contribution in [0.1, 0.15) is 20.8 Å². The van der Waals surface area contributed by atoms with E-state index in [2.05, 4.69) is 19.8 Å². The number of amides is 1. The second-order valence-electron chi connectivity index (χ2n) is 6.60. The molecule has 3 rings (SSSR count). The van der Waals surface area contributed by atoms with Crippen molar-refractivity contribution in [3.05, 3.63) is 71.6 Å². The Morgan fingerprint density at radius 2 is 1.69 bits per heavy atom. The first-order valence-electron chi connectivity index (χ1n) is 9.47. The molecular weight excluding hydrogens is 483 g/mol. The van der Waals surface area contributed by atoms with E-state index in [1.54, 1.807) is 0 Å². The molecule has 1 N–H and O–H groups in total. The number of hydrogen-bond donors (Lipinski definition) is 1. The molecule has 0 aliphatic rings. The number of esters is 1. The highest BCUT2D eigenvalue weighted by Crippen LogP contribution is 2.38. The van der Waals surface area contributed by atoms with E-state index in [4.69, 9.17) is 9.47 Å². The van der Waals surface area contributed by atoms with Gasteiger partial charge in [-0.3, -0.25) is 4.79 Å². The third-order valence-electron chi connectivity index (χ3n) is 4.25. The fourth-order valence-electron chi connectivity index (χ4n) is 2.82. The predicted molar refractivity (Wildman–Crippen MR) is 110 cm³/mol. The number of pyridine rings is 1. The monoisotopic (exact) mass is 498 g/mol. The van der Waals surface area contributed by atoms with Gasteiger partial charge in [-0.25, -0.2) is 18.6 Å². The average molecular weight is 498 g/mol. The fourth-order valence-corrected chi connectivity index (χ4v) is 2.82. The van der Waals surface area contributed by atoms with Crippen LogP contribution >= 0.6 is 0 Å². The third-order valence-corrected chi connectivity index (χ3v) is 4.25. The molecule has 0 saturated heterocycles. The van der Waals surface area contributed by atoms with Gasteiger partial charge in [0.2, 0.25) is 0 Å². The number of nitrogens with zero attached hydrogens (tertiary/aromatic N) is 1. The lowest BCUT2D eigenvalue weighted by atomic mass is 10.1. The average Bonchev–Trinajstić information content (AvgIpc) is 2.78. The van der Waals surface area contributed by atoms with Crippen molar-refractivity contribution in [2.45, 2.75) is 6.36 Å². The SMILES string of the molecule is COC(=O)c1cc(NC(=O)c2c(F)cc(F)cc2Oc2ccc(OC(F)(F)F)cc2OC)ccn1. The van der Waals surface area contributed by atoms with Crippen molar-refractivity contribution in [2.24, 2.45) is 0 Å². The van der Waals surface area contributed by atoms with Crippen LogP contribution in [0.4, 0.5) is 27.6 Å². The van der Waals surface area contributed by atoms with Gasteiger partial charge in [-0.2, -0.15) is 0 Å². The summed E-state index contributed by atoms with van der Waals surface area (Å²) in [6, 6.07) is 6.31. The van der Waals surface area contributed by atoms with Gasteiger partial charge in [-0.15, -0.1) is 13.2 Å². The molecule has 8 nitrogen and oxygen atoms in total. The van der Waals surface area contributed by atoms with Gasteiger partial charge in [-0.1, -0.05) is 0 Å². The van der Waals surface area contributed by atoms with Crippen molar-refractivity contribution in [3.8, 4) is 23.0 Å².